The number of carbonyl (C=O) groups is 1. The number of aromatic nitrogens is 1. The molecule has 1 aromatic rings. The number of aromatic hydroxyl groups is 2. The van der Waals surface area contributed by atoms with Gasteiger partial charge in [0.2, 0.25) is 11.8 Å². The van der Waals surface area contributed by atoms with Crippen molar-refractivity contribution < 1.29 is 29.6 Å². The van der Waals surface area contributed by atoms with Gasteiger partial charge in [-0.2, -0.15) is 0 Å². The standard InChI is InChI=1S/C12H13NO6/c14-8(15)5-18-4-3-13-11(16)9-6-1-2-7(19-6)10(9)12(13)17/h1-2,6-7,16-17H,3-5H2,(H,14,15). The lowest BCUT2D eigenvalue weighted by Crippen LogP contribution is -2.12. The minimum atomic E-state index is -1.06. The molecule has 19 heavy (non-hydrogen) atoms. The van der Waals surface area contributed by atoms with Gasteiger partial charge in [-0.05, 0) is 0 Å². The molecule has 1 aromatic heterocycles. The maximum absolute atomic E-state index is 10.3. The van der Waals surface area contributed by atoms with Gasteiger partial charge in [0.25, 0.3) is 0 Å². The van der Waals surface area contributed by atoms with Crippen LogP contribution in [0.3, 0.4) is 0 Å². The molecule has 2 atom stereocenters. The maximum atomic E-state index is 10.3. The Balaban J connectivity index is 1.76. The van der Waals surface area contributed by atoms with Gasteiger partial charge in [-0.25, -0.2) is 4.79 Å². The minimum absolute atomic E-state index is 0.0525. The summed E-state index contributed by atoms with van der Waals surface area (Å²) in [6, 6.07) is 0. The van der Waals surface area contributed by atoms with E-state index < -0.39 is 12.6 Å². The smallest absolute Gasteiger partial charge is 0.329 e. The van der Waals surface area contributed by atoms with E-state index in [0.29, 0.717) is 11.1 Å². The molecule has 2 unspecified atom stereocenters. The van der Waals surface area contributed by atoms with Crippen LogP contribution in [0.4, 0.5) is 0 Å². The molecule has 0 aromatic carbocycles. The van der Waals surface area contributed by atoms with E-state index >= 15 is 0 Å². The largest absolute Gasteiger partial charge is 0.494 e. The average molecular weight is 267 g/mol. The van der Waals surface area contributed by atoms with Crippen molar-refractivity contribution >= 4 is 5.97 Å². The summed E-state index contributed by atoms with van der Waals surface area (Å²) in [6.07, 6.45) is 3.04. The first-order chi connectivity index (χ1) is 9.09. The summed E-state index contributed by atoms with van der Waals surface area (Å²) in [5.74, 6) is -1.16. The molecular weight excluding hydrogens is 254 g/mol. The Morgan fingerprint density at radius 2 is 1.84 bits per heavy atom. The molecule has 0 radical (unpaired) electrons. The van der Waals surface area contributed by atoms with Crippen molar-refractivity contribution in [1.82, 2.24) is 4.57 Å². The second-order valence-corrected chi connectivity index (χ2v) is 4.43. The van der Waals surface area contributed by atoms with E-state index in [1.165, 1.54) is 4.57 Å². The molecule has 7 nitrogen and oxygen atoms in total. The van der Waals surface area contributed by atoms with Crippen LogP contribution in [0, 0.1) is 0 Å². The third-order valence-corrected chi connectivity index (χ3v) is 3.29. The Morgan fingerprint density at radius 1 is 1.26 bits per heavy atom. The SMILES string of the molecule is O=C(O)COCCn1c(O)c2c(c1O)C1C=CC2O1. The molecule has 7 heteroatoms. The van der Waals surface area contributed by atoms with Gasteiger partial charge < -0.3 is 24.8 Å². The summed E-state index contributed by atoms with van der Waals surface area (Å²) >= 11 is 0. The summed E-state index contributed by atoms with van der Waals surface area (Å²) in [5, 5.41) is 28.6. The molecule has 102 valence electrons. The summed E-state index contributed by atoms with van der Waals surface area (Å²) in [6.45, 7) is -0.138. The van der Waals surface area contributed by atoms with Crippen molar-refractivity contribution in [2.75, 3.05) is 13.2 Å². The molecule has 0 aliphatic carbocycles. The van der Waals surface area contributed by atoms with Gasteiger partial charge in [0, 0.05) is 0 Å². The molecule has 0 saturated carbocycles. The number of fused-ring (bicyclic) bond motifs is 5. The second kappa shape index (κ2) is 4.29. The molecule has 3 heterocycles. The van der Waals surface area contributed by atoms with E-state index in [2.05, 4.69) is 0 Å². The highest BCUT2D eigenvalue weighted by Crippen LogP contribution is 2.54. The van der Waals surface area contributed by atoms with Crippen molar-refractivity contribution in [3.8, 4) is 11.8 Å². The van der Waals surface area contributed by atoms with E-state index in [9.17, 15) is 15.0 Å². The number of hydrogen-bond donors (Lipinski definition) is 3. The molecule has 2 aliphatic rings. The van der Waals surface area contributed by atoms with Gasteiger partial charge in [0.05, 0.1) is 24.3 Å². The second-order valence-electron chi connectivity index (χ2n) is 4.43. The van der Waals surface area contributed by atoms with E-state index in [4.69, 9.17) is 14.6 Å². The number of nitrogens with zero attached hydrogens (tertiary/aromatic N) is 1. The Morgan fingerprint density at radius 3 is 2.37 bits per heavy atom. The number of rotatable bonds is 5. The zero-order chi connectivity index (χ0) is 13.6. The van der Waals surface area contributed by atoms with Crippen molar-refractivity contribution in [3.63, 3.8) is 0 Å². The van der Waals surface area contributed by atoms with Crippen molar-refractivity contribution in [1.29, 1.82) is 0 Å². The molecule has 2 bridgehead atoms. The molecule has 3 rings (SSSR count). The maximum Gasteiger partial charge on any atom is 0.329 e. The lowest BCUT2D eigenvalue weighted by molar-refractivity contribution is -0.142. The first-order valence-corrected chi connectivity index (χ1v) is 5.87. The highest BCUT2D eigenvalue weighted by molar-refractivity contribution is 5.68. The van der Waals surface area contributed by atoms with E-state index in [1.54, 1.807) is 0 Å². The third kappa shape index (κ3) is 1.78. The molecule has 2 aliphatic heterocycles. The van der Waals surface area contributed by atoms with E-state index in [1.807, 2.05) is 12.2 Å². The Bertz CT molecular complexity index is 526. The summed E-state index contributed by atoms with van der Waals surface area (Å²) in [5.41, 5.74) is 1.17. The Labute approximate surface area is 108 Å². The van der Waals surface area contributed by atoms with Crippen LogP contribution in [-0.4, -0.2) is 39.1 Å². The molecule has 0 amide bonds. The fraction of sp³-hybridized carbons (Fsp3) is 0.417. The zero-order valence-electron chi connectivity index (χ0n) is 9.94. The lowest BCUT2D eigenvalue weighted by Gasteiger charge is -2.10. The van der Waals surface area contributed by atoms with Gasteiger partial charge in [0.15, 0.2) is 0 Å². The van der Waals surface area contributed by atoms with Gasteiger partial charge in [-0.15, -0.1) is 0 Å². The van der Waals surface area contributed by atoms with Crippen molar-refractivity contribution in [3.05, 3.63) is 23.3 Å². The predicted octanol–water partition coefficient (Wildman–Crippen LogP) is 0.683. The van der Waals surface area contributed by atoms with Crippen LogP contribution < -0.4 is 0 Å². The fourth-order valence-corrected chi connectivity index (χ4v) is 2.50. The van der Waals surface area contributed by atoms with Crippen molar-refractivity contribution in [2.45, 2.75) is 18.8 Å². The highest BCUT2D eigenvalue weighted by Gasteiger charge is 2.42. The van der Waals surface area contributed by atoms with Gasteiger partial charge in [-0.1, -0.05) is 12.2 Å². The van der Waals surface area contributed by atoms with Crippen LogP contribution in [-0.2, 0) is 20.8 Å². The van der Waals surface area contributed by atoms with Crippen LogP contribution in [0.2, 0.25) is 0 Å². The zero-order valence-corrected chi connectivity index (χ0v) is 9.94. The van der Waals surface area contributed by atoms with Gasteiger partial charge in [0.1, 0.15) is 18.8 Å². The Kier molecular flexibility index (Phi) is 2.72. The summed E-state index contributed by atoms with van der Waals surface area (Å²) in [4.78, 5) is 10.3. The highest BCUT2D eigenvalue weighted by atomic mass is 16.5. The minimum Gasteiger partial charge on any atom is -0.494 e. The monoisotopic (exact) mass is 267 g/mol. The molecule has 0 spiro atoms. The first kappa shape index (κ1) is 12.1. The summed E-state index contributed by atoms with van der Waals surface area (Å²) < 4.78 is 11.7. The van der Waals surface area contributed by atoms with Crippen molar-refractivity contribution in [2.24, 2.45) is 0 Å². The normalized spacial score (nSPS) is 22.9. The topological polar surface area (TPSA) is 101 Å². The van der Waals surface area contributed by atoms with Gasteiger partial charge in [-0.3, -0.25) is 4.57 Å². The predicted molar refractivity (Wildman–Crippen MR) is 61.9 cm³/mol. The van der Waals surface area contributed by atoms with Crippen LogP contribution in [0.5, 0.6) is 11.8 Å². The number of ether oxygens (including phenoxy) is 2. The third-order valence-electron chi connectivity index (χ3n) is 3.29. The van der Waals surface area contributed by atoms with Crippen LogP contribution in [0.1, 0.15) is 23.3 Å². The molecule has 0 fully saturated rings. The number of hydrogen-bond acceptors (Lipinski definition) is 5. The van der Waals surface area contributed by atoms with Gasteiger partial charge >= 0.3 is 5.97 Å². The van der Waals surface area contributed by atoms with E-state index in [-0.39, 0.29) is 37.1 Å². The number of carboxylic acid groups (broad SMARTS) is 1. The summed E-state index contributed by atoms with van der Waals surface area (Å²) in [7, 11) is 0. The van der Waals surface area contributed by atoms with E-state index in [0.717, 1.165) is 0 Å². The molecule has 0 saturated heterocycles. The average Bonchev–Trinajstić information content (AvgIpc) is 3.02. The quantitative estimate of drug-likeness (QED) is 0.536. The number of aliphatic carboxylic acids is 1. The molecular formula is C12H13NO6. The Hall–Kier alpha value is -1.99. The fourth-order valence-electron chi connectivity index (χ4n) is 2.50. The van der Waals surface area contributed by atoms with Crippen LogP contribution in [0.15, 0.2) is 12.2 Å². The first-order valence-electron chi connectivity index (χ1n) is 5.87. The van der Waals surface area contributed by atoms with Crippen LogP contribution in [0.25, 0.3) is 0 Å². The number of carboxylic acids is 1. The lowest BCUT2D eigenvalue weighted by atomic mass is 10.0. The molecule has 3 N–H and O–H groups in total. The van der Waals surface area contributed by atoms with Crippen LogP contribution >= 0.6 is 0 Å².